The van der Waals surface area contributed by atoms with Gasteiger partial charge in [-0.25, -0.2) is 4.99 Å². The number of aliphatic imine (C=N–C) groups is 1. The van der Waals surface area contributed by atoms with Gasteiger partial charge in [0.2, 0.25) is 0 Å². The van der Waals surface area contributed by atoms with E-state index in [0.717, 1.165) is 16.9 Å². The fraction of sp³-hybridized carbons (Fsp3) is 0.158. The lowest BCUT2D eigenvalue weighted by molar-refractivity contribution is -0.115. The predicted octanol–water partition coefficient (Wildman–Crippen LogP) is 3.01. The molecule has 0 unspecified atom stereocenters. The first-order valence-electron chi connectivity index (χ1n) is 7.69. The predicted molar refractivity (Wildman–Crippen MR) is 93.3 cm³/mol. The molecule has 24 heavy (non-hydrogen) atoms. The maximum absolute atomic E-state index is 12.2. The van der Waals surface area contributed by atoms with Crippen molar-refractivity contribution in [2.75, 3.05) is 13.7 Å². The van der Waals surface area contributed by atoms with Crippen molar-refractivity contribution < 1.29 is 14.3 Å². The van der Waals surface area contributed by atoms with Crippen molar-refractivity contribution in [2.24, 2.45) is 4.99 Å². The van der Waals surface area contributed by atoms with Gasteiger partial charge in [0.1, 0.15) is 23.0 Å². The molecule has 2 aromatic carbocycles. The topological polar surface area (TPSA) is 59.9 Å². The van der Waals surface area contributed by atoms with E-state index in [2.05, 4.69) is 10.3 Å². The summed E-state index contributed by atoms with van der Waals surface area (Å²) in [6, 6.07) is 15.0. The number of nitrogens with one attached hydrogen (secondary N) is 1. The van der Waals surface area contributed by atoms with Crippen molar-refractivity contribution in [1.29, 1.82) is 0 Å². The SMILES string of the molecule is CCOc1ccc(/C=C2/N=C(c3ccccc3OC)NC2=O)cc1. The molecular formula is C19H18N2O3. The van der Waals surface area contributed by atoms with E-state index in [-0.39, 0.29) is 5.91 Å². The molecule has 3 rings (SSSR count). The van der Waals surface area contributed by atoms with Gasteiger partial charge in [-0.15, -0.1) is 0 Å². The molecule has 5 heteroatoms. The van der Waals surface area contributed by atoms with E-state index in [1.165, 1.54) is 0 Å². The average molecular weight is 322 g/mol. The summed E-state index contributed by atoms with van der Waals surface area (Å²) in [5.41, 5.74) is 2.00. The van der Waals surface area contributed by atoms with Crippen LogP contribution in [0.5, 0.6) is 11.5 Å². The molecule has 0 aliphatic carbocycles. The van der Waals surface area contributed by atoms with E-state index >= 15 is 0 Å². The normalized spacial score (nSPS) is 15.2. The molecule has 5 nitrogen and oxygen atoms in total. The first-order chi connectivity index (χ1) is 11.7. The third kappa shape index (κ3) is 3.30. The van der Waals surface area contributed by atoms with Crippen LogP contribution in [0.3, 0.4) is 0 Å². The number of ether oxygens (including phenoxy) is 2. The van der Waals surface area contributed by atoms with Crippen LogP contribution in [0.25, 0.3) is 6.08 Å². The number of hydrogen-bond donors (Lipinski definition) is 1. The zero-order valence-electron chi connectivity index (χ0n) is 13.6. The molecule has 1 heterocycles. The Kier molecular flexibility index (Phi) is 4.61. The summed E-state index contributed by atoms with van der Waals surface area (Å²) in [5.74, 6) is 1.73. The largest absolute Gasteiger partial charge is 0.496 e. The van der Waals surface area contributed by atoms with Crippen molar-refractivity contribution in [1.82, 2.24) is 5.32 Å². The molecular weight excluding hydrogens is 304 g/mol. The zero-order chi connectivity index (χ0) is 16.9. The minimum Gasteiger partial charge on any atom is -0.496 e. The van der Waals surface area contributed by atoms with E-state index in [1.54, 1.807) is 13.2 Å². The third-order valence-corrected chi connectivity index (χ3v) is 3.55. The molecule has 0 saturated heterocycles. The highest BCUT2D eigenvalue weighted by Crippen LogP contribution is 2.22. The van der Waals surface area contributed by atoms with Crippen LogP contribution in [0.4, 0.5) is 0 Å². The molecule has 2 aromatic rings. The van der Waals surface area contributed by atoms with Gasteiger partial charge >= 0.3 is 0 Å². The lowest BCUT2D eigenvalue weighted by atomic mass is 10.2. The van der Waals surface area contributed by atoms with E-state index in [4.69, 9.17) is 9.47 Å². The van der Waals surface area contributed by atoms with Crippen molar-refractivity contribution >= 4 is 17.8 Å². The van der Waals surface area contributed by atoms with E-state index in [1.807, 2.05) is 55.5 Å². The van der Waals surface area contributed by atoms with Crippen LogP contribution in [0.1, 0.15) is 18.1 Å². The molecule has 0 bridgehead atoms. The van der Waals surface area contributed by atoms with Crippen LogP contribution in [0.2, 0.25) is 0 Å². The van der Waals surface area contributed by atoms with Crippen molar-refractivity contribution in [3.05, 3.63) is 65.4 Å². The number of amides is 1. The van der Waals surface area contributed by atoms with E-state index < -0.39 is 0 Å². The van der Waals surface area contributed by atoms with Gasteiger partial charge in [0.25, 0.3) is 5.91 Å². The summed E-state index contributed by atoms with van der Waals surface area (Å²) in [6.45, 7) is 2.56. The number of benzene rings is 2. The highest BCUT2D eigenvalue weighted by Gasteiger charge is 2.23. The number of rotatable bonds is 5. The van der Waals surface area contributed by atoms with E-state index in [0.29, 0.717) is 23.9 Å². The fourth-order valence-corrected chi connectivity index (χ4v) is 2.42. The van der Waals surface area contributed by atoms with Crippen LogP contribution in [-0.4, -0.2) is 25.5 Å². The Labute approximate surface area is 140 Å². The lowest BCUT2D eigenvalue weighted by Gasteiger charge is -2.06. The molecule has 0 fully saturated rings. The summed E-state index contributed by atoms with van der Waals surface area (Å²) < 4.78 is 10.7. The Bertz CT molecular complexity index is 808. The van der Waals surface area contributed by atoms with Gasteiger partial charge in [0.15, 0.2) is 0 Å². The standard InChI is InChI=1S/C19H18N2O3/c1-3-24-14-10-8-13(9-11-14)12-16-19(22)21-18(20-16)15-6-4-5-7-17(15)23-2/h4-12H,3H2,1-2H3,(H,20,21,22)/b16-12+. The number of nitrogens with zero attached hydrogens (tertiary/aromatic N) is 1. The van der Waals surface area contributed by atoms with Gasteiger partial charge in [-0.2, -0.15) is 0 Å². The van der Waals surface area contributed by atoms with Crippen LogP contribution >= 0.6 is 0 Å². The Morgan fingerprint density at radius 3 is 2.58 bits per heavy atom. The third-order valence-electron chi connectivity index (χ3n) is 3.55. The second kappa shape index (κ2) is 7.00. The molecule has 1 amide bonds. The molecule has 0 aromatic heterocycles. The van der Waals surface area contributed by atoms with Gasteiger partial charge in [0, 0.05) is 0 Å². The van der Waals surface area contributed by atoms with Crippen molar-refractivity contribution in [3.63, 3.8) is 0 Å². The number of hydrogen-bond acceptors (Lipinski definition) is 4. The first kappa shape index (κ1) is 15.8. The molecule has 1 aliphatic rings. The number of carbonyl (C=O) groups is 1. The molecule has 122 valence electrons. The van der Waals surface area contributed by atoms with Gasteiger partial charge in [-0.1, -0.05) is 24.3 Å². The summed E-state index contributed by atoms with van der Waals surface area (Å²) in [4.78, 5) is 16.6. The Morgan fingerprint density at radius 2 is 1.88 bits per heavy atom. The average Bonchev–Trinajstić information content (AvgIpc) is 2.97. The molecule has 1 N–H and O–H groups in total. The fourth-order valence-electron chi connectivity index (χ4n) is 2.42. The molecule has 0 spiro atoms. The van der Waals surface area contributed by atoms with Crippen LogP contribution in [0, 0.1) is 0 Å². The van der Waals surface area contributed by atoms with Gasteiger partial charge in [-0.3, -0.25) is 4.79 Å². The van der Waals surface area contributed by atoms with Crippen molar-refractivity contribution in [3.8, 4) is 11.5 Å². The molecule has 0 atom stereocenters. The number of amidine groups is 1. The minimum absolute atomic E-state index is 0.232. The summed E-state index contributed by atoms with van der Waals surface area (Å²) in [6.07, 6.45) is 1.74. The van der Waals surface area contributed by atoms with Crippen LogP contribution < -0.4 is 14.8 Å². The summed E-state index contributed by atoms with van der Waals surface area (Å²) in [7, 11) is 1.59. The number of methoxy groups -OCH3 is 1. The van der Waals surface area contributed by atoms with E-state index in [9.17, 15) is 4.79 Å². The molecule has 0 radical (unpaired) electrons. The lowest BCUT2D eigenvalue weighted by Crippen LogP contribution is -2.25. The maximum Gasteiger partial charge on any atom is 0.275 e. The number of carbonyl (C=O) groups excluding carboxylic acids is 1. The smallest absolute Gasteiger partial charge is 0.275 e. The van der Waals surface area contributed by atoms with Crippen molar-refractivity contribution in [2.45, 2.75) is 6.92 Å². The zero-order valence-corrected chi connectivity index (χ0v) is 13.6. The maximum atomic E-state index is 12.2. The quantitative estimate of drug-likeness (QED) is 0.861. The minimum atomic E-state index is -0.232. The van der Waals surface area contributed by atoms with Crippen LogP contribution in [0.15, 0.2) is 59.2 Å². The summed E-state index contributed by atoms with van der Waals surface area (Å²) >= 11 is 0. The Hall–Kier alpha value is -3.08. The second-order valence-electron chi connectivity index (χ2n) is 5.15. The van der Waals surface area contributed by atoms with Crippen LogP contribution in [-0.2, 0) is 4.79 Å². The molecule has 1 aliphatic heterocycles. The summed E-state index contributed by atoms with van der Waals surface area (Å²) in [5, 5.41) is 2.78. The van der Waals surface area contributed by atoms with Gasteiger partial charge < -0.3 is 14.8 Å². The highest BCUT2D eigenvalue weighted by molar-refractivity contribution is 6.20. The highest BCUT2D eigenvalue weighted by atomic mass is 16.5. The Morgan fingerprint density at radius 1 is 1.12 bits per heavy atom. The van der Waals surface area contributed by atoms with Gasteiger partial charge in [0.05, 0.1) is 19.3 Å². The second-order valence-corrected chi connectivity index (χ2v) is 5.15. The number of para-hydroxylation sites is 1. The monoisotopic (exact) mass is 322 g/mol. The first-order valence-corrected chi connectivity index (χ1v) is 7.69. The Balaban J connectivity index is 1.88. The van der Waals surface area contributed by atoms with Gasteiger partial charge in [-0.05, 0) is 42.8 Å². The molecule has 0 saturated carbocycles.